The molecule has 27 heavy (non-hydrogen) atoms. The van der Waals surface area contributed by atoms with Crippen LogP contribution in [0.2, 0.25) is 0 Å². The molecule has 0 heterocycles. The first-order valence-corrected chi connectivity index (χ1v) is 8.72. The number of ether oxygens (including phenoxy) is 2. The summed E-state index contributed by atoms with van der Waals surface area (Å²) >= 11 is 0. The number of hydrogen-bond acceptors (Lipinski definition) is 5. The Morgan fingerprint density at radius 1 is 1.07 bits per heavy atom. The molecule has 142 valence electrons. The van der Waals surface area contributed by atoms with Crippen LogP contribution in [0.15, 0.2) is 48.5 Å². The molecule has 0 fully saturated rings. The molecule has 6 nitrogen and oxygen atoms in total. The third kappa shape index (κ3) is 5.95. The number of carbonyl (C=O) groups excluding carboxylic acids is 3. The van der Waals surface area contributed by atoms with E-state index in [1.165, 1.54) is 13.8 Å². The van der Waals surface area contributed by atoms with E-state index in [4.69, 9.17) is 9.47 Å². The van der Waals surface area contributed by atoms with Crippen LogP contribution in [-0.2, 0) is 20.7 Å². The molecule has 2 rings (SSSR count). The van der Waals surface area contributed by atoms with Gasteiger partial charge >= 0.3 is 5.97 Å². The fourth-order valence-electron chi connectivity index (χ4n) is 2.42. The highest BCUT2D eigenvalue weighted by molar-refractivity contribution is 5.98. The zero-order valence-corrected chi connectivity index (χ0v) is 15.7. The molecule has 0 saturated heterocycles. The number of rotatable bonds is 8. The van der Waals surface area contributed by atoms with E-state index in [1.807, 2.05) is 25.1 Å². The Kier molecular flexibility index (Phi) is 7.11. The first-order chi connectivity index (χ1) is 12.9. The second-order valence-corrected chi connectivity index (χ2v) is 6.01. The van der Waals surface area contributed by atoms with Crippen LogP contribution < -0.4 is 10.1 Å². The molecule has 2 aromatic rings. The minimum absolute atomic E-state index is 0.102. The number of benzene rings is 2. The maximum atomic E-state index is 12.2. The van der Waals surface area contributed by atoms with Crippen molar-refractivity contribution in [2.24, 2.45) is 0 Å². The molecule has 1 amide bonds. The van der Waals surface area contributed by atoms with Crippen molar-refractivity contribution < 1.29 is 23.9 Å². The van der Waals surface area contributed by atoms with Crippen LogP contribution in [0.5, 0.6) is 5.75 Å². The van der Waals surface area contributed by atoms with E-state index in [0.29, 0.717) is 17.0 Å². The summed E-state index contributed by atoms with van der Waals surface area (Å²) in [7, 11) is 0. The average molecular weight is 369 g/mol. The number of esters is 1. The van der Waals surface area contributed by atoms with Crippen molar-refractivity contribution in [1.29, 1.82) is 0 Å². The monoisotopic (exact) mass is 369 g/mol. The largest absolute Gasteiger partial charge is 0.482 e. The smallest absolute Gasteiger partial charge is 0.344 e. The van der Waals surface area contributed by atoms with E-state index in [0.717, 1.165) is 12.0 Å². The summed E-state index contributed by atoms with van der Waals surface area (Å²) in [5.74, 6) is -0.607. The normalized spacial score (nSPS) is 11.4. The number of para-hydroxylation sites is 1. The summed E-state index contributed by atoms with van der Waals surface area (Å²) in [5.41, 5.74) is 1.94. The Labute approximate surface area is 158 Å². The average Bonchev–Trinajstić information content (AvgIpc) is 2.66. The second kappa shape index (κ2) is 9.52. The van der Waals surface area contributed by atoms with Gasteiger partial charge in [0.15, 0.2) is 18.5 Å². The number of aryl methyl sites for hydroxylation is 1. The SMILES string of the molecule is CCc1ccccc1OCC(=O)OC(C)C(=O)Nc1cccc(C(C)=O)c1. The number of nitrogens with one attached hydrogen (secondary N) is 1. The number of Topliss-reactive ketones (excluding diaryl/α,β-unsaturated/α-hetero) is 1. The zero-order valence-electron chi connectivity index (χ0n) is 15.7. The standard InChI is InChI=1S/C21H23NO5/c1-4-16-8-5-6-11-19(16)26-13-20(24)27-15(3)21(25)22-18-10-7-9-17(12-18)14(2)23/h5-12,15H,4,13H2,1-3H3,(H,22,25). The maximum absolute atomic E-state index is 12.2. The highest BCUT2D eigenvalue weighted by Gasteiger charge is 2.19. The van der Waals surface area contributed by atoms with Gasteiger partial charge in [-0.2, -0.15) is 0 Å². The fourth-order valence-corrected chi connectivity index (χ4v) is 2.42. The molecule has 2 aromatic carbocycles. The minimum atomic E-state index is -0.997. The van der Waals surface area contributed by atoms with Gasteiger partial charge in [-0.3, -0.25) is 9.59 Å². The van der Waals surface area contributed by atoms with Gasteiger partial charge < -0.3 is 14.8 Å². The van der Waals surface area contributed by atoms with E-state index in [2.05, 4.69) is 5.32 Å². The van der Waals surface area contributed by atoms with Crippen LogP contribution in [0.1, 0.15) is 36.7 Å². The van der Waals surface area contributed by atoms with Crippen molar-refractivity contribution in [2.45, 2.75) is 33.3 Å². The lowest BCUT2D eigenvalue weighted by atomic mass is 10.1. The molecule has 1 unspecified atom stereocenters. The number of hydrogen-bond donors (Lipinski definition) is 1. The van der Waals surface area contributed by atoms with Gasteiger partial charge in [-0.25, -0.2) is 4.79 Å². The van der Waals surface area contributed by atoms with Crippen LogP contribution in [-0.4, -0.2) is 30.4 Å². The van der Waals surface area contributed by atoms with Crippen molar-refractivity contribution in [3.05, 3.63) is 59.7 Å². The second-order valence-electron chi connectivity index (χ2n) is 6.01. The predicted octanol–water partition coefficient (Wildman–Crippen LogP) is 3.40. The van der Waals surface area contributed by atoms with Crippen molar-refractivity contribution >= 4 is 23.3 Å². The van der Waals surface area contributed by atoms with Crippen molar-refractivity contribution in [1.82, 2.24) is 0 Å². The first kappa shape index (κ1) is 20.2. The molecule has 6 heteroatoms. The topological polar surface area (TPSA) is 81.7 Å². The van der Waals surface area contributed by atoms with Gasteiger partial charge in [-0.1, -0.05) is 37.3 Å². The van der Waals surface area contributed by atoms with Gasteiger partial charge in [0.1, 0.15) is 5.75 Å². The fraction of sp³-hybridized carbons (Fsp3) is 0.286. The molecule has 0 spiro atoms. The molecule has 1 atom stereocenters. The third-order valence-corrected chi connectivity index (χ3v) is 3.91. The number of amides is 1. The summed E-state index contributed by atoms with van der Waals surface area (Å²) in [4.78, 5) is 35.5. The minimum Gasteiger partial charge on any atom is -0.482 e. The third-order valence-electron chi connectivity index (χ3n) is 3.91. The highest BCUT2D eigenvalue weighted by atomic mass is 16.6. The molecular formula is C21H23NO5. The Morgan fingerprint density at radius 3 is 2.52 bits per heavy atom. The molecule has 0 aromatic heterocycles. The van der Waals surface area contributed by atoms with E-state index < -0.39 is 18.0 Å². The summed E-state index contributed by atoms with van der Waals surface area (Å²) in [6, 6.07) is 14.0. The maximum Gasteiger partial charge on any atom is 0.344 e. The van der Waals surface area contributed by atoms with Crippen LogP contribution in [0.3, 0.4) is 0 Å². The van der Waals surface area contributed by atoms with Gasteiger partial charge in [0, 0.05) is 11.3 Å². The van der Waals surface area contributed by atoms with Crippen molar-refractivity contribution in [3.63, 3.8) is 0 Å². The Balaban J connectivity index is 1.87. The molecule has 0 saturated carbocycles. The summed E-state index contributed by atoms with van der Waals surface area (Å²) in [6.07, 6.45) is -0.216. The van der Waals surface area contributed by atoms with E-state index in [9.17, 15) is 14.4 Å². The van der Waals surface area contributed by atoms with Gasteiger partial charge in [0.05, 0.1) is 0 Å². The van der Waals surface area contributed by atoms with Crippen LogP contribution in [0.4, 0.5) is 5.69 Å². The quantitative estimate of drug-likeness (QED) is 0.570. The number of ketones is 1. The number of carbonyl (C=O) groups is 3. The van der Waals surface area contributed by atoms with Crippen molar-refractivity contribution in [2.75, 3.05) is 11.9 Å². The zero-order chi connectivity index (χ0) is 19.8. The van der Waals surface area contributed by atoms with Crippen molar-refractivity contribution in [3.8, 4) is 5.75 Å². The van der Waals surface area contributed by atoms with Gasteiger partial charge in [0.2, 0.25) is 0 Å². The Hall–Kier alpha value is -3.15. The molecular weight excluding hydrogens is 346 g/mol. The van der Waals surface area contributed by atoms with E-state index in [1.54, 1.807) is 30.3 Å². The first-order valence-electron chi connectivity index (χ1n) is 8.72. The van der Waals surface area contributed by atoms with Crippen LogP contribution in [0, 0.1) is 0 Å². The molecule has 0 radical (unpaired) electrons. The summed E-state index contributed by atoms with van der Waals surface area (Å²) < 4.78 is 10.6. The molecule has 0 bridgehead atoms. The van der Waals surface area contributed by atoms with E-state index >= 15 is 0 Å². The van der Waals surface area contributed by atoms with Crippen LogP contribution >= 0.6 is 0 Å². The van der Waals surface area contributed by atoms with Gasteiger partial charge in [0.25, 0.3) is 5.91 Å². The lowest BCUT2D eigenvalue weighted by molar-refractivity contribution is -0.155. The molecule has 0 aliphatic carbocycles. The lowest BCUT2D eigenvalue weighted by Gasteiger charge is -2.15. The molecule has 0 aliphatic rings. The molecule has 0 aliphatic heterocycles. The van der Waals surface area contributed by atoms with Gasteiger partial charge in [-0.05, 0) is 44.0 Å². The summed E-state index contributed by atoms with van der Waals surface area (Å²) in [6.45, 7) is 4.63. The van der Waals surface area contributed by atoms with Gasteiger partial charge in [-0.15, -0.1) is 0 Å². The molecule has 1 N–H and O–H groups in total. The predicted molar refractivity (Wildman–Crippen MR) is 102 cm³/mol. The lowest BCUT2D eigenvalue weighted by Crippen LogP contribution is -2.31. The summed E-state index contributed by atoms with van der Waals surface area (Å²) in [5, 5.41) is 2.63. The van der Waals surface area contributed by atoms with E-state index in [-0.39, 0.29) is 12.4 Å². The highest BCUT2D eigenvalue weighted by Crippen LogP contribution is 2.18. The number of anilines is 1. The Bertz CT molecular complexity index is 831. The van der Waals surface area contributed by atoms with Crippen LogP contribution in [0.25, 0.3) is 0 Å². The Morgan fingerprint density at radius 2 is 1.81 bits per heavy atom.